The summed E-state index contributed by atoms with van der Waals surface area (Å²) in [6, 6.07) is 11.2. The van der Waals surface area contributed by atoms with Gasteiger partial charge in [0.25, 0.3) is 17.7 Å². The number of H-pyrrole nitrogens is 1. The number of rotatable bonds is 5. The fourth-order valence-corrected chi connectivity index (χ4v) is 2.48. The second-order valence-corrected chi connectivity index (χ2v) is 5.92. The lowest BCUT2D eigenvalue weighted by molar-refractivity contribution is 0.0943. The Morgan fingerprint density at radius 2 is 1.57 bits per heavy atom. The third-order valence-corrected chi connectivity index (χ3v) is 3.87. The summed E-state index contributed by atoms with van der Waals surface area (Å²) in [5, 5.41) is 7.97. The van der Waals surface area contributed by atoms with Crippen LogP contribution in [0.4, 0.5) is 11.4 Å². The van der Waals surface area contributed by atoms with E-state index in [1.165, 1.54) is 13.4 Å². The molecule has 0 radical (unpaired) electrons. The Balaban J connectivity index is 1.66. The van der Waals surface area contributed by atoms with Crippen molar-refractivity contribution in [2.24, 2.45) is 0 Å². The monoisotopic (exact) mass is 398 g/mol. The molecule has 28 heavy (non-hydrogen) atoms. The van der Waals surface area contributed by atoms with E-state index < -0.39 is 17.7 Å². The molecule has 0 atom stereocenters. The maximum Gasteiger partial charge on any atom is 0.274 e. The minimum Gasteiger partial charge on any atom is -0.354 e. The number of anilines is 2. The number of carbonyl (C=O) groups is 3. The van der Waals surface area contributed by atoms with E-state index in [1.807, 2.05) is 0 Å². The van der Waals surface area contributed by atoms with Gasteiger partial charge in [0.1, 0.15) is 16.5 Å². The fourth-order valence-electron chi connectivity index (χ4n) is 2.32. The molecule has 2 aromatic heterocycles. The Hall–Kier alpha value is -3.72. The smallest absolute Gasteiger partial charge is 0.274 e. The van der Waals surface area contributed by atoms with Crippen LogP contribution in [0.3, 0.4) is 0 Å². The first-order chi connectivity index (χ1) is 13.5. The molecule has 0 spiro atoms. The van der Waals surface area contributed by atoms with Crippen LogP contribution in [-0.4, -0.2) is 39.7 Å². The van der Waals surface area contributed by atoms with Gasteiger partial charge in [-0.05, 0) is 36.4 Å². The van der Waals surface area contributed by atoms with Crippen LogP contribution in [-0.2, 0) is 0 Å². The molecule has 0 aliphatic heterocycles. The number of aromatic amines is 1. The van der Waals surface area contributed by atoms with Gasteiger partial charge in [0.05, 0.1) is 6.33 Å². The predicted octanol–water partition coefficient (Wildman–Crippen LogP) is 2.32. The van der Waals surface area contributed by atoms with Gasteiger partial charge in [-0.1, -0.05) is 17.7 Å². The van der Waals surface area contributed by atoms with Gasteiger partial charge in [-0.25, -0.2) is 9.97 Å². The molecule has 3 amide bonds. The largest absolute Gasteiger partial charge is 0.354 e. The molecular formula is C18H15ClN6O3. The number of nitrogens with one attached hydrogen (secondary N) is 4. The first-order valence-electron chi connectivity index (χ1n) is 8.08. The molecule has 142 valence electrons. The fraction of sp³-hybridized carbons (Fsp3) is 0.0556. The third-order valence-electron chi connectivity index (χ3n) is 3.66. The zero-order chi connectivity index (χ0) is 20.1. The average Bonchev–Trinajstić information content (AvgIpc) is 3.19. The topological polar surface area (TPSA) is 129 Å². The number of hydrogen-bond donors (Lipinski definition) is 4. The molecule has 10 heteroatoms. The van der Waals surface area contributed by atoms with Crippen molar-refractivity contribution in [1.82, 2.24) is 20.3 Å². The maximum absolute atomic E-state index is 12.3. The molecule has 0 aliphatic carbocycles. The highest BCUT2D eigenvalue weighted by molar-refractivity contribution is 6.29. The van der Waals surface area contributed by atoms with Crippen LogP contribution in [0.5, 0.6) is 0 Å². The van der Waals surface area contributed by atoms with Crippen LogP contribution in [0, 0.1) is 0 Å². The second-order valence-electron chi connectivity index (χ2n) is 5.54. The first kappa shape index (κ1) is 19.1. The molecule has 0 saturated heterocycles. The van der Waals surface area contributed by atoms with E-state index in [9.17, 15) is 14.4 Å². The zero-order valence-corrected chi connectivity index (χ0v) is 15.4. The van der Waals surface area contributed by atoms with Crippen LogP contribution < -0.4 is 16.0 Å². The summed E-state index contributed by atoms with van der Waals surface area (Å²) in [4.78, 5) is 46.6. The lowest BCUT2D eigenvalue weighted by Gasteiger charge is -2.08. The van der Waals surface area contributed by atoms with E-state index in [0.717, 1.165) is 0 Å². The maximum atomic E-state index is 12.3. The summed E-state index contributed by atoms with van der Waals surface area (Å²) < 4.78 is 0. The van der Waals surface area contributed by atoms with Gasteiger partial charge < -0.3 is 20.9 Å². The van der Waals surface area contributed by atoms with E-state index in [0.29, 0.717) is 11.4 Å². The predicted molar refractivity (Wildman–Crippen MR) is 104 cm³/mol. The molecule has 4 N–H and O–H groups in total. The highest BCUT2D eigenvalue weighted by Crippen LogP contribution is 2.16. The molecule has 0 unspecified atom stereocenters. The average molecular weight is 399 g/mol. The molecule has 0 bridgehead atoms. The number of pyridine rings is 1. The summed E-state index contributed by atoms with van der Waals surface area (Å²) in [7, 11) is 1.45. The van der Waals surface area contributed by atoms with Gasteiger partial charge in [-0.3, -0.25) is 14.4 Å². The molecule has 0 aliphatic rings. The Bertz CT molecular complexity index is 1030. The summed E-state index contributed by atoms with van der Waals surface area (Å²) >= 11 is 5.78. The van der Waals surface area contributed by atoms with Crippen molar-refractivity contribution in [1.29, 1.82) is 0 Å². The quantitative estimate of drug-likeness (QED) is 0.490. The molecule has 0 fully saturated rings. The number of imidazole rings is 1. The number of nitrogens with zero attached hydrogens (tertiary/aromatic N) is 2. The summed E-state index contributed by atoms with van der Waals surface area (Å²) in [6.45, 7) is 0. The minimum absolute atomic E-state index is 0.00194. The molecule has 9 nitrogen and oxygen atoms in total. The van der Waals surface area contributed by atoms with Gasteiger partial charge >= 0.3 is 0 Å². The van der Waals surface area contributed by atoms with Crippen molar-refractivity contribution in [2.45, 2.75) is 0 Å². The van der Waals surface area contributed by atoms with Gasteiger partial charge in [0.2, 0.25) is 0 Å². The molecular weight excluding hydrogens is 384 g/mol. The molecule has 3 rings (SSSR count). The van der Waals surface area contributed by atoms with Crippen molar-refractivity contribution in [3.63, 3.8) is 0 Å². The van der Waals surface area contributed by atoms with Crippen molar-refractivity contribution < 1.29 is 14.4 Å². The SMILES string of the molecule is CNC(=O)c1nc[nH]c1C(=O)Nc1ccc(NC(=O)c2cccc(Cl)n2)cc1. The van der Waals surface area contributed by atoms with Gasteiger partial charge in [0, 0.05) is 18.4 Å². The van der Waals surface area contributed by atoms with E-state index in [-0.39, 0.29) is 22.2 Å². The molecule has 3 aromatic rings. The number of aromatic nitrogens is 3. The molecule has 0 saturated carbocycles. The third kappa shape index (κ3) is 4.33. The van der Waals surface area contributed by atoms with E-state index in [1.54, 1.807) is 42.5 Å². The van der Waals surface area contributed by atoms with E-state index in [4.69, 9.17) is 11.6 Å². The number of amides is 3. The molecule has 2 heterocycles. The van der Waals surface area contributed by atoms with Crippen molar-refractivity contribution in [3.8, 4) is 0 Å². The van der Waals surface area contributed by atoms with Crippen molar-refractivity contribution in [2.75, 3.05) is 17.7 Å². The molecule has 1 aromatic carbocycles. The van der Waals surface area contributed by atoms with E-state index >= 15 is 0 Å². The lowest BCUT2D eigenvalue weighted by Crippen LogP contribution is -2.23. The standard InChI is InChI=1S/C18H15ClN6O3/c1-20-17(27)14-15(22-9-21-14)18(28)24-11-7-5-10(6-8-11)23-16(26)12-3-2-4-13(19)25-12/h2-9H,1H3,(H,20,27)(H,21,22)(H,23,26)(H,24,28). The number of benzene rings is 1. The van der Waals surface area contributed by atoms with Crippen LogP contribution in [0.2, 0.25) is 5.15 Å². The van der Waals surface area contributed by atoms with Crippen LogP contribution in [0.1, 0.15) is 31.5 Å². The number of hydrogen-bond acceptors (Lipinski definition) is 5. The highest BCUT2D eigenvalue weighted by atomic mass is 35.5. The van der Waals surface area contributed by atoms with Crippen molar-refractivity contribution >= 4 is 40.7 Å². The van der Waals surface area contributed by atoms with Crippen LogP contribution in [0.15, 0.2) is 48.8 Å². The summed E-state index contributed by atoms with van der Waals surface area (Å²) in [6.07, 6.45) is 1.27. The summed E-state index contributed by atoms with van der Waals surface area (Å²) in [5.41, 5.74) is 1.21. The second kappa shape index (κ2) is 8.31. The Morgan fingerprint density at radius 3 is 2.18 bits per heavy atom. The number of halogens is 1. The van der Waals surface area contributed by atoms with Crippen LogP contribution >= 0.6 is 11.6 Å². The Morgan fingerprint density at radius 1 is 0.929 bits per heavy atom. The van der Waals surface area contributed by atoms with Crippen molar-refractivity contribution in [3.05, 3.63) is 71.0 Å². The van der Waals surface area contributed by atoms with Gasteiger partial charge in [-0.15, -0.1) is 0 Å². The zero-order valence-electron chi connectivity index (χ0n) is 14.6. The van der Waals surface area contributed by atoms with Crippen LogP contribution in [0.25, 0.3) is 0 Å². The van der Waals surface area contributed by atoms with Gasteiger partial charge in [-0.2, -0.15) is 0 Å². The highest BCUT2D eigenvalue weighted by Gasteiger charge is 2.19. The normalized spacial score (nSPS) is 10.2. The van der Waals surface area contributed by atoms with Gasteiger partial charge in [0.15, 0.2) is 5.69 Å². The minimum atomic E-state index is -0.518. The Kier molecular flexibility index (Phi) is 5.66. The first-order valence-corrected chi connectivity index (χ1v) is 8.46. The van der Waals surface area contributed by atoms with E-state index in [2.05, 4.69) is 30.9 Å². The number of carbonyl (C=O) groups excluding carboxylic acids is 3. The summed E-state index contributed by atoms with van der Waals surface area (Å²) in [5.74, 6) is -1.40. The Labute approximate surface area is 164 Å². The lowest BCUT2D eigenvalue weighted by atomic mass is 10.2.